The monoisotopic (exact) mass is 453 g/mol. The van der Waals surface area contributed by atoms with Crippen LogP contribution >= 0.6 is 11.8 Å². The highest BCUT2D eigenvalue weighted by Gasteiger charge is 2.18. The van der Waals surface area contributed by atoms with E-state index in [0.29, 0.717) is 37.8 Å². The van der Waals surface area contributed by atoms with Gasteiger partial charge in [0.2, 0.25) is 21.8 Å². The number of anilines is 1. The Morgan fingerprint density at radius 1 is 1.10 bits per heavy atom. The molecule has 1 fully saturated rings. The van der Waals surface area contributed by atoms with Crippen molar-refractivity contribution in [2.24, 2.45) is 0 Å². The van der Waals surface area contributed by atoms with Crippen LogP contribution in [0.3, 0.4) is 0 Å². The number of amides is 2. The SMILES string of the molecule is O=C(CSCC(=O)N1CCOCC1)Nc1cccc(S(=O)(=O)NCc2ccco2)c1. The van der Waals surface area contributed by atoms with Crippen LogP contribution in [0.5, 0.6) is 0 Å². The number of sulfonamides is 1. The van der Waals surface area contributed by atoms with Crippen molar-refractivity contribution < 1.29 is 27.2 Å². The zero-order valence-electron chi connectivity index (χ0n) is 16.2. The summed E-state index contributed by atoms with van der Waals surface area (Å²) < 4.78 is 37.7. The van der Waals surface area contributed by atoms with Crippen molar-refractivity contribution in [2.75, 3.05) is 43.1 Å². The molecule has 162 valence electrons. The lowest BCUT2D eigenvalue weighted by Crippen LogP contribution is -2.41. The summed E-state index contributed by atoms with van der Waals surface area (Å²) in [5, 5.41) is 2.66. The van der Waals surface area contributed by atoms with Gasteiger partial charge in [0.25, 0.3) is 0 Å². The highest BCUT2D eigenvalue weighted by atomic mass is 32.2. The minimum Gasteiger partial charge on any atom is -0.468 e. The van der Waals surface area contributed by atoms with E-state index in [1.165, 1.54) is 30.2 Å². The third-order valence-electron chi connectivity index (χ3n) is 4.27. The topological polar surface area (TPSA) is 118 Å². The molecule has 11 heteroatoms. The molecular formula is C19H23N3O6S2. The summed E-state index contributed by atoms with van der Waals surface area (Å²) in [7, 11) is -3.76. The molecule has 2 amide bonds. The molecule has 1 saturated heterocycles. The molecule has 2 heterocycles. The van der Waals surface area contributed by atoms with Crippen LogP contribution in [0.4, 0.5) is 5.69 Å². The predicted molar refractivity (Wildman–Crippen MR) is 113 cm³/mol. The Morgan fingerprint density at radius 3 is 2.63 bits per heavy atom. The van der Waals surface area contributed by atoms with Crippen LogP contribution in [0, 0.1) is 0 Å². The second-order valence-corrected chi connectivity index (χ2v) is 9.22. The van der Waals surface area contributed by atoms with Crippen molar-refractivity contribution in [3.8, 4) is 0 Å². The molecule has 2 N–H and O–H groups in total. The Kier molecular flexibility index (Phi) is 7.91. The van der Waals surface area contributed by atoms with E-state index in [2.05, 4.69) is 10.0 Å². The number of morpholine rings is 1. The van der Waals surface area contributed by atoms with Crippen molar-refractivity contribution in [2.45, 2.75) is 11.4 Å². The lowest BCUT2D eigenvalue weighted by Gasteiger charge is -2.26. The molecule has 1 aromatic heterocycles. The average molecular weight is 454 g/mol. The molecular weight excluding hydrogens is 430 g/mol. The fourth-order valence-corrected chi connectivity index (χ4v) is 4.49. The van der Waals surface area contributed by atoms with E-state index in [9.17, 15) is 18.0 Å². The third kappa shape index (κ3) is 6.59. The summed E-state index contributed by atoms with van der Waals surface area (Å²) in [6, 6.07) is 9.31. The molecule has 9 nitrogen and oxygen atoms in total. The number of furan rings is 1. The zero-order valence-corrected chi connectivity index (χ0v) is 17.8. The maximum absolute atomic E-state index is 12.4. The molecule has 0 unspecified atom stereocenters. The van der Waals surface area contributed by atoms with Gasteiger partial charge in [0.15, 0.2) is 0 Å². The Labute approximate surface area is 179 Å². The highest BCUT2D eigenvalue weighted by Crippen LogP contribution is 2.16. The van der Waals surface area contributed by atoms with Gasteiger partial charge < -0.3 is 19.4 Å². The number of nitrogens with zero attached hydrogens (tertiary/aromatic N) is 1. The van der Waals surface area contributed by atoms with Gasteiger partial charge in [0, 0.05) is 18.8 Å². The van der Waals surface area contributed by atoms with Crippen molar-refractivity contribution in [3.05, 3.63) is 48.4 Å². The molecule has 0 atom stereocenters. The summed E-state index contributed by atoms with van der Waals surface area (Å²) in [5.41, 5.74) is 0.362. The second kappa shape index (κ2) is 10.6. The summed E-state index contributed by atoms with van der Waals surface area (Å²) >= 11 is 1.21. The van der Waals surface area contributed by atoms with Gasteiger partial charge in [-0.05, 0) is 30.3 Å². The van der Waals surface area contributed by atoms with Crippen LogP contribution in [0.2, 0.25) is 0 Å². The summed E-state index contributed by atoms with van der Waals surface area (Å²) in [6.45, 7) is 2.24. The standard InChI is InChI=1S/C19H23N3O6S2/c23-18(13-29-14-19(24)22-6-9-27-10-7-22)21-15-3-1-5-17(11-15)30(25,26)20-12-16-4-2-8-28-16/h1-5,8,11,20H,6-7,9-10,12-14H2,(H,21,23). The Bertz CT molecular complexity index is 956. The number of thioether (sulfide) groups is 1. The van der Waals surface area contributed by atoms with E-state index >= 15 is 0 Å². The van der Waals surface area contributed by atoms with E-state index < -0.39 is 10.0 Å². The van der Waals surface area contributed by atoms with Gasteiger partial charge in [-0.1, -0.05) is 6.07 Å². The molecule has 0 bridgehead atoms. The highest BCUT2D eigenvalue weighted by molar-refractivity contribution is 8.00. The van der Waals surface area contributed by atoms with Gasteiger partial charge in [-0.3, -0.25) is 9.59 Å². The van der Waals surface area contributed by atoms with Gasteiger partial charge >= 0.3 is 0 Å². The third-order valence-corrected chi connectivity index (χ3v) is 6.58. The largest absolute Gasteiger partial charge is 0.468 e. The first kappa shape index (κ1) is 22.3. The zero-order chi connectivity index (χ0) is 21.4. The van der Waals surface area contributed by atoms with Crippen LogP contribution in [0.1, 0.15) is 5.76 Å². The van der Waals surface area contributed by atoms with Crippen LogP contribution in [0.15, 0.2) is 52.0 Å². The van der Waals surface area contributed by atoms with E-state index in [1.807, 2.05) is 0 Å². The van der Waals surface area contributed by atoms with Crippen LogP contribution < -0.4 is 10.0 Å². The van der Waals surface area contributed by atoms with Gasteiger partial charge in [-0.15, -0.1) is 11.8 Å². The first-order chi connectivity index (χ1) is 14.4. The number of hydrogen-bond acceptors (Lipinski definition) is 7. The molecule has 2 aromatic rings. The van der Waals surface area contributed by atoms with E-state index in [4.69, 9.17) is 9.15 Å². The lowest BCUT2D eigenvalue weighted by molar-refractivity contribution is -0.132. The van der Waals surface area contributed by atoms with E-state index in [0.717, 1.165) is 0 Å². The fraction of sp³-hybridized carbons (Fsp3) is 0.368. The lowest BCUT2D eigenvalue weighted by atomic mass is 10.3. The number of hydrogen-bond donors (Lipinski definition) is 2. The normalized spacial score (nSPS) is 14.5. The van der Waals surface area contributed by atoms with E-state index in [-0.39, 0.29) is 34.8 Å². The Morgan fingerprint density at radius 2 is 1.90 bits per heavy atom. The average Bonchev–Trinajstić information content (AvgIpc) is 3.27. The quantitative estimate of drug-likeness (QED) is 0.587. The van der Waals surface area contributed by atoms with Crippen LogP contribution in [-0.4, -0.2) is 62.9 Å². The van der Waals surface area contributed by atoms with Gasteiger partial charge in [0.05, 0.1) is 42.4 Å². The molecule has 30 heavy (non-hydrogen) atoms. The number of carbonyl (C=O) groups is 2. The van der Waals surface area contributed by atoms with E-state index in [1.54, 1.807) is 29.2 Å². The molecule has 0 radical (unpaired) electrons. The van der Waals surface area contributed by atoms with Crippen LogP contribution in [-0.2, 0) is 30.9 Å². The molecule has 0 saturated carbocycles. The summed E-state index contributed by atoms with van der Waals surface area (Å²) in [4.78, 5) is 26.0. The number of benzene rings is 1. The second-order valence-electron chi connectivity index (χ2n) is 6.47. The number of carbonyl (C=O) groups excluding carboxylic acids is 2. The Hall–Kier alpha value is -2.34. The molecule has 3 rings (SSSR count). The minimum absolute atomic E-state index is 0.0215. The molecule has 1 aromatic carbocycles. The molecule has 1 aliphatic heterocycles. The van der Waals surface area contributed by atoms with Crippen LogP contribution in [0.25, 0.3) is 0 Å². The van der Waals surface area contributed by atoms with Gasteiger partial charge in [-0.2, -0.15) is 0 Å². The maximum atomic E-state index is 12.4. The number of nitrogens with one attached hydrogen (secondary N) is 2. The van der Waals surface area contributed by atoms with Gasteiger partial charge in [-0.25, -0.2) is 13.1 Å². The predicted octanol–water partition coefficient (Wildman–Crippen LogP) is 1.29. The van der Waals surface area contributed by atoms with Gasteiger partial charge in [0.1, 0.15) is 5.76 Å². The Balaban J connectivity index is 1.47. The molecule has 0 spiro atoms. The van der Waals surface area contributed by atoms with Crippen molar-refractivity contribution in [1.82, 2.24) is 9.62 Å². The van der Waals surface area contributed by atoms with Crippen molar-refractivity contribution in [1.29, 1.82) is 0 Å². The molecule has 0 aliphatic carbocycles. The smallest absolute Gasteiger partial charge is 0.241 e. The minimum atomic E-state index is -3.76. The number of rotatable bonds is 9. The number of ether oxygens (including phenoxy) is 1. The first-order valence-corrected chi connectivity index (χ1v) is 11.9. The first-order valence-electron chi connectivity index (χ1n) is 9.29. The summed E-state index contributed by atoms with van der Waals surface area (Å²) in [5.74, 6) is 0.453. The molecule has 1 aliphatic rings. The van der Waals surface area contributed by atoms with Crippen molar-refractivity contribution in [3.63, 3.8) is 0 Å². The summed E-state index contributed by atoms with van der Waals surface area (Å²) in [6.07, 6.45) is 1.46. The van der Waals surface area contributed by atoms with Crippen molar-refractivity contribution >= 4 is 39.3 Å². The maximum Gasteiger partial charge on any atom is 0.241 e. The fourth-order valence-electron chi connectivity index (χ4n) is 2.74.